The van der Waals surface area contributed by atoms with Crippen molar-refractivity contribution in [1.29, 1.82) is 0 Å². The van der Waals surface area contributed by atoms with Gasteiger partial charge in [0.1, 0.15) is 4.21 Å². The van der Waals surface area contributed by atoms with Gasteiger partial charge in [0.15, 0.2) is 0 Å². The maximum atomic E-state index is 12.4. The summed E-state index contributed by atoms with van der Waals surface area (Å²) in [5.74, 6) is 0.878. The molecule has 4 nitrogen and oxygen atoms in total. The van der Waals surface area contributed by atoms with Gasteiger partial charge in [-0.1, -0.05) is 11.6 Å². The van der Waals surface area contributed by atoms with Crippen LogP contribution in [0, 0.1) is 11.8 Å². The van der Waals surface area contributed by atoms with Crippen LogP contribution in [-0.2, 0) is 10.0 Å². The van der Waals surface area contributed by atoms with Gasteiger partial charge in [-0.25, -0.2) is 13.1 Å². The summed E-state index contributed by atoms with van der Waals surface area (Å²) >= 11 is 6.93. The number of hydrogen-bond donors (Lipinski definition) is 2. The van der Waals surface area contributed by atoms with E-state index in [0.29, 0.717) is 20.4 Å². The minimum Gasteiger partial charge on any atom is -0.316 e. The fourth-order valence-corrected chi connectivity index (χ4v) is 6.04. The molecule has 1 aromatic heterocycles. The molecule has 1 aliphatic heterocycles. The molecule has 0 aromatic carbocycles. The Balaban J connectivity index is 1.80. The smallest absolute Gasteiger partial charge is 0.250 e. The molecule has 0 spiro atoms. The van der Waals surface area contributed by atoms with Crippen LogP contribution >= 0.6 is 22.9 Å². The quantitative estimate of drug-likeness (QED) is 0.896. The average Bonchev–Trinajstić information content (AvgIpc) is 2.84. The molecule has 106 valence electrons. The zero-order chi connectivity index (χ0) is 13.5. The monoisotopic (exact) mass is 320 g/mol. The molecule has 2 heterocycles. The lowest BCUT2D eigenvalue weighted by Gasteiger charge is -2.22. The second-order valence-corrected chi connectivity index (χ2v) is 8.95. The molecular formula is C12H17ClN2O2S2. The Labute approximate surface area is 122 Å². The standard InChI is InChI=1S/C12H17ClN2O2S2/c13-10-3-4-11(18-10)19(16,17)15-12-8-1-2-9(12)7-14-6-5-8/h3-4,8-9,12,14-15H,1-2,5-7H2. The molecule has 2 N–H and O–H groups in total. The molecule has 1 aromatic rings. The van der Waals surface area contributed by atoms with Gasteiger partial charge in [-0.3, -0.25) is 0 Å². The molecular weight excluding hydrogens is 304 g/mol. The highest BCUT2D eigenvalue weighted by Gasteiger charge is 2.39. The Bertz CT molecular complexity index is 544. The van der Waals surface area contributed by atoms with Gasteiger partial charge in [0.05, 0.1) is 4.34 Å². The summed E-state index contributed by atoms with van der Waals surface area (Å²) in [4.78, 5) is 0. The van der Waals surface area contributed by atoms with Crippen molar-refractivity contribution < 1.29 is 8.42 Å². The molecule has 19 heavy (non-hydrogen) atoms. The summed E-state index contributed by atoms with van der Waals surface area (Å²) in [5, 5.41) is 3.38. The number of hydrogen-bond acceptors (Lipinski definition) is 4. The minimum atomic E-state index is -3.42. The third-order valence-corrected chi connectivity index (χ3v) is 7.31. The van der Waals surface area contributed by atoms with Crippen molar-refractivity contribution in [2.45, 2.75) is 29.5 Å². The number of rotatable bonds is 3. The number of nitrogens with one attached hydrogen (secondary N) is 2. The van der Waals surface area contributed by atoms with E-state index in [1.807, 2.05) is 0 Å². The second kappa shape index (κ2) is 5.33. The SMILES string of the molecule is O=S(=O)(NC1C2CCNCC1CC2)c1ccc(Cl)s1. The molecule has 2 aliphatic rings. The predicted octanol–water partition coefficient (Wildman–Crippen LogP) is 2.07. The first-order valence-corrected chi connectivity index (χ1v) is 9.22. The molecule has 3 atom stereocenters. The predicted molar refractivity (Wildman–Crippen MR) is 77.1 cm³/mol. The molecule has 7 heteroatoms. The van der Waals surface area contributed by atoms with Crippen LogP contribution in [0.2, 0.25) is 4.34 Å². The Kier molecular flexibility index (Phi) is 3.88. The highest BCUT2D eigenvalue weighted by molar-refractivity contribution is 7.91. The van der Waals surface area contributed by atoms with Gasteiger partial charge < -0.3 is 5.32 Å². The van der Waals surface area contributed by atoms with E-state index in [9.17, 15) is 8.42 Å². The fourth-order valence-electron chi connectivity index (χ4n) is 3.17. The van der Waals surface area contributed by atoms with Gasteiger partial charge in [0, 0.05) is 6.04 Å². The summed E-state index contributed by atoms with van der Waals surface area (Å²) < 4.78 is 28.5. The molecule has 3 unspecified atom stereocenters. The molecule has 2 fully saturated rings. The van der Waals surface area contributed by atoms with Crippen LogP contribution in [0.3, 0.4) is 0 Å². The van der Waals surface area contributed by atoms with Crippen LogP contribution in [0.5, 0.6) is 0 Å². The van der Waals surface area contributed by atoms with Crippen LogP contribution in [0.25, 0.3) is 0 Å². The number of halogens is 1. The Morgan fingerprint density at radius 2 is 2.05 bits per heavy atom. The fraction of sp³-hybridized carbons (Fsp3) is 0.667. The Morgan fingerprint density at radius 3 is 2.79 bits per heavy atom. The lowest BCUT2D eigenvalue weighted by atomic mass is 9.98. The van der Waals surface area contributed by atoms with Crippen LogP contribution in [0.1, 0.15) is 19.3 Å². The summed E-state index contributed by atoms with van der Waals surface area (Å²) in [6, 6.07) is 3.27. The first-order valence-electron chi connectivity index (χ1n) is 6.54. The third-order valence-electron chi connectivity index (χ3n) is 4.13. The molecule has 2 bridgehead atoms. The van der Waals surface area contributed by atoms with E-state index in [1.54, 1.807) is 12.1 Å². The van der Waals surface area contributed by atoms with E-state index < -0.39 is 10.0 Å². The molecule has 0 radical (unpaired) electrons. The summed E-state index contributed by atoms with van der Waals surface area (Å²) in [6.07, 6.45) is 3.29. The largest absolute Gasteiger partial charge is 0.316 e. The van der Waals surface area contributed by atoms with E-state index in [4.69, 9.17) is 11.6 Å². The van der Waals surface area contributed by atoms with E-state index in [0.717, 1.165) is 43.7 Å². The summed E-state index contributed by atoms with van der Waals surface area (Å²) in [5.41, 5.74) is 0. The molecule has 1 aliphatic carbocycles. The van der Waals surface area contributed by atoms with E-state index in [2.05, 4.69) is 10.0 Å². The first kappa shape index (κ1) is 13.8. The van der Waals surface area contributed by atoms with Crippen molar-refractivity contribution in [2.24, 2.45) is 11.8 Å². The number of thiophene rings is 1. The van der Waals surface area contributed by atoms with Gasteiger partial charge in [-0.15, -0.1) is 11.3 Å². The second-order valence-electron chi connectivity index (χ2n) is 5.30. The van der Waals surface area contributed by atoms with Crippen LogP contribution in [0.15, 0.2) is 16.3 Å². The lowest BCUT2D eigenvalue weighted by Crippen LogP contribution is -2.42. The highest BCUT2D eigenvalue weighted by Crippen LogP contribution is 2.36. The molecule has 1 saturated heterocycles. The van der Waals surface area contributed by atoms with Gasteiger partial charge in [0.2, 0.25) is 10.0 Å². The van der Waals surface area contributed by atoms with Crippen molar-refractivity contribution in [3.8, 4) is 0 Å². The van der Waals surface area contributed by atoms with Gasteiger partial charge in [0.25, 0.3) is 0 Å². The van der Waals surface area contributed by atoms with E-state index >= 15 is 0 Å². The lowest BCUT2D eigenvalue weighted by molar-refractivity contribution is 0.395. The normalized spacial score (nSPS) is 31.3. The van der Waals surface area contributed by atoms with E-state index in [-0.39, 0.29) is 6.04 Å². The molecule has 0 amide bonds. The average molecular weight is 321 g/mol. The van der Waals surface area contributed by atoms with Crippen molar-refractivity contribution >= 4 is 33.0 Å². The Hall–Kier alpha value is -0.140. The van der Waals surface area contributed by atoms with Crippen LogP contribution < -0.4 is 10.0 Å². The van der Waals surface area contributed by atoms with Crippen molar-refractivity contribution in [1.82, 2.24) is 10.0 Å². The third kappa shape index (κ3) is 2.83. The maximum Gasteiger partial charge on any atom is 0.250 e. The number of sulfonamides is 1. The van der Waals surface area contributed by atoms with Gasteiger partial charge in [-0.05, 0) is 56.3 Å². The van der Waals surface area contributed by atoms with E-state index in [1.165, 1.54) is 0 Å². The van der Waals surface area contributed by atoms with Crippen molar-refractivity contribution in [3.63, 3.8) is 0 Å². The summed E-state index contributed by atoms with van der Waals surface area (Å²) in [6.45, 7) is 1.90. The molecule has 1 saturated carbocycles. The topological polar surface area (TPSA) is 58.2 Å². The van der Waals surface area contributed by atoms with Crippen LogP contribution in [0.4, 0.5) is 0 Å². The van der Waals surface area contributed by atoms with Crippen molar-refractivity contribution in [2.75, 3.05) is 13.1 Å². The summed E-state index contributed by atoms with van der Waals surface area (Å²) in [7, 11) is -3.42. The zero-order valence-electron chi connectivity index (χ0n) is 10.4. The molecule has 3 rings (SSSR count). The minimum absolute atomic E-state index is 0.0703. The van der Waals surface area contributed by atoms with Crippen LogP contribution in [-0.4, -0.2) is 27.5 Å². The van der Waals surface area contributed by atoms with Gasteiger partial charge >= 0.3 is 0 Å². The highest BCUT2D eigenvalue weighted by atomic mass is 35.5. The van der Waals surface area contributed by atoms with Gasteiger partial charge in [-0.2, -0.15) is 0 Å². The Morgan fingerprint density at radius 1 is 1.26 bits per heavy atom. The number of fused-ring (bicyclic) bond motifs is 2. The van der Waals surface area contributed by atoms with Crippen molar-refractivity contribution in [3.05, 3.63) is 16.5 Å². The maximum absolute atomic E-state index is 12.4. The first-order chi connectivity index (χ1) is 9.06. The zero-order valence-corrected chi connectivity index (χ0v) is 12.8.